The van der Waals surface area contributed by atoms with E-state index in [9.17, 15) is 44.7 Å². The quantitative estimate of drug-likeness (QED) is 0.222. The molecule has 14 heteroatoms. The van der Waals surface area contributed by atoms with Gasteiger partial charge in [0, 0.05) is 0 Å². The fraction of sp³-hybridized carbons (Fsp3) is 0.300. The van der Waals surface area contributed by atoms with Gasteiger partial charge >= 0.3 is 36.6 Å². The predicted molar refractivity (Wildman–Crippen MR) is 99.5 cm³/mol. The third-order valence-corrected chi connectivity index (χ3v) is 3.92. The van der Waals surface area contributed by atoms with E-state index in [1.807, 2.05) is 0 Å². The molecule has 184 valence electrons. The van der Waals surface area contributed by atoms with Crippen LogP contribution >= 0.6 is 0 Å². The molecule has 0 saturated carbocycles. The summed E-state index contributed by atoms with van der Waals surface area (Å²) in [6, 6.07) is 9.52. The number of hydrogen-bond donors (Lipinski definition) is 0. The van der Waals surface area contributed by atoms with Crippen LogP contribution in [0.15, 0.2) is 58.8 Å². The standard InChI is InChI=1S/C20H14F8N2O4/c21-17(22)19(25,26)9-33-15(31)11-1-5-13(6-2-11)29-30-14-7-3-12(4-8-14)16(32)34-10-20(27,28)18(23)24/h1-8,17-18H,9-10H2. The highest BCUT2D eigenvalue weighted by Crippen LogP contribution is 2.25. The highest BCUT2D eigenvalue weighted by molar-refractivity contribution is 5.90. The minimum atomic E-state index is -4.48. The van der Waals surface area contributed by atoms with E-state index < -0.39 is 49.8 Å². The van der Waals surface area contributed by atoms with Crippen molar-refractivity contribution in [3.05, 3.63) is 59.7 Å². The van der Waals surface area contributed by atoms with Crippen LogP contribution in [0.3, 0.4) is 0 Å². The Hall–Kier alpha value is -3.58. The zero-order valence-electron chi connectivity index (χ0n) is 16.7. The first-order valence-electron chi connectivity index (χ1n) is 9.10. The lowest BCUT2D eigenvalue weighted by molar-refractivity contribution is -0.155. The Labute approximate surface area is 186 Å². The highest BCUT2D eigenvalue weighted by atomic mass is 19.3. The van der Waals surface area contributed by atoms with Gasteiger partial charge in [-0.1, -0.05) is 0 Å². The normalized spacial score (nSPS) is 12.4. The first-order chi connectivity index (χ1) is 15.8. The number of esters is 2. The molecule has 0 aliphatic rings. The van der Waals surface area contributed by atoms with Gasteiger partial charge in [-0.25, -0.2) is 27.2 Å². The van der Waals surface area contributed by atoms with E-state index in [4.69, 9.17) is 0 Å². The minimum Gasteiger partial charge on any atom is -0.455 e. The van der Waals surface area contributed by atoms with Crippen molar-refractivity contribution < 1.29 is 54.2 Å². The number of azo groups is 1. The Morgan fingerprint density at radius 3 is 1.21 bits per heavy atom. The first-order valence-corrected chi connectivity index (χ1v) is 9.10. The van der Waals surface area contributed by atoms with Crippen LogP contribution in [0.25, 0.3) is 0 Å². The molecule has 0 fully saturated rings. The molecule has 0 saturated heterocycles. The summed E-state index contributed by atoms with van der Waals surface area (Å²) in [4.78, 5) is 23.3. The van der Waals surface area contributed by atoms with Gasteiger partial charge in [-0.3, -0.25) is 0 Å². The number of benzene rings is 2. The number of nitrogens with zero attached hydrogens (tertiary/aromatic N) is 2. The number of halogens is 8. The molecule has 2 rings (SSSR count). The second-order valence-corrected chi connectivity index (χ2v) is 6.57. The van der Waals surface area contributed by atoms with Gasteiger partial charge in [0.25, 0.3) is 0 Å². The van der Waals surface area contributed by atoms with Crippen LogP contribution in [0, 0.1) is 0 Å². The lowest BCUT2D eigenvalue weighted by atomic mass is 10.2. The summed E-state index contributed by atoms with van der Waals surface area (Å²) in [5.74, 6) is -11.5. The molecule has 0 N–H and O–H groups in total. The smallest absolute Gasteiger partial charge is 0.340 e. The summed E-state index contributed by atoms with van der Waals surface area (Å²) in [5, 5.41) is 7.61. The second kappa shape index (κ2) is 11.0. The number of carbonyl (C=O) groups excluding carboxylic acids is 2. The molecule has 6 nitrogen and oxygen atoms in total. The third-order valence-electron chi connectivity index (χ3n) is 3.92. The molecule has 0 aliphatic heterocycles. The van der Waals surface area contributed by atoms with Crippen molar-refractivity contribution in [2.75, 3.05) is 13.2 Å². The zero-order valence-corrected chi connectivity index (χ0v) is 16.7. The van der Waals surface area contributed by atoms with Crippen LogP contribution in [0.5, 0.6) is 0 Å². The van der Waals surface area contributed by atoms with Gasteiger partial charge in [0.2, 0.25) is 0 Å². The average Bonchev–Trinajstić information content (AvgIpc) is 2.80. The lowest BCUT2D eigenvalue weighted by Gasteiger charge is -2.15. The Balaban J connectivity index is 1.93. The minimum absolute atomic E-state index is 0.187. The summed E-state index contributed by atoms with van der Waals surface area (Å²) in [7, 11) is 0. The van der Waals surface area contributed by atoms with Crippen LogP contribution in [-0.2, 0) is 9.47 Å². The van der Waals surface area contributed by atoms with E-state index >= 15 is 0 Å². The summed E-state index contributed by atoms with van der Waals surface area (Å²) >= 11 is 0. The summed E-state index contributed by atoms with van der Waals surface area (Å²) < 4.78 is 108. The van der Waals surface area contributed by atoms with Crippen molar-refractivity contribution in [3.63, 3.8) is 0 Å². The average molecular weight is 498 g/mol. The molecular weight excluding hydrogens is 484 g/mol. The van der Waals surface area contributed by atoms with Crippen molar-refractivity contribution in [1.29, 1.82) is 0 Å². The van der Waals surface area contributed by atoms with Crippen LogP contribution in [-0.4, -0.2) is 49.8 Å². The monoisotopic (exact) mass is 498 g/mol. The molecule has 2 aromatic rings. The zero-order chi connectivity index (χ0) is 25.5. The van der Waals surface area contributed by atoms with Crippen molar-refractivity contribution in [2.24, 2.45) is 10.2 Å². The van der Waals surface area contributed by atoms with Gasteiger partial charge in [-0.2, -0.15) is 27.8 Å². The van der Waals surface area contributed by atoms with Crippen molar-refractivity contribution in [1.82, 2.24) is 0 Å². The second-order valence-electron chi connectivity index (χ2n) is 6.57. The molecule has 34 heavy (non-hydrogen) atoms. The van der Waals surface area contributed by atoms with Crippen LogP contribution in [0.4, 0.5) is 46.5 Å². The van der Waals surface area contributed by atoms with E-state index in [0.29, 0.717) is 0 Å². The van der Waals surface area contributed by atoms with Gasteiger partial charge in [-0.05, 0) is 48.5 Å². The van der Waals surface area contributed by atoms with Crippen molar-refractivity contribution in [2.45, 2.75) is 24.7 Å². The Morgan fingerprint density at radius 1 is 0.647 bits per heavy atom. The molecular formula is C20H14F8N2O4. The number of carbonyl (C=O) groups is 2. The Kier molecular flexibility index (Phi) is 8.65. The SMILES string of the molecule is O=C(OCC(F)(F)C(F)F)c1ccc(N=Nc2ccc(C(=O)OCC(F)(F)C(F)F)cc2)cc1. The van der Waals surface area contributed by atoms with E-state index in [-0.39, 0.29) is 22.5 Å². The molecule has 0 aliphatic carbocycles. The number of ether oxygens (including phenoxy) is 2. The summed E-state index contributed by atoms with van der Waals surface area (Å²) in [6.45, 7) is -3.58. The maximum Gasteiger partial charge on any atom is 0.340 e. The Morgan fingerprint density at radius 2 is 0.941 bits per heavy atom. The molecule has 2 aromatic carbocycles. The van der Waals surface area contributed by atoms with Crippen LogP contribution in [0.1, 0.15) is 20.7 Å². The predicted octanol–water partition coefficient (Wildman–Crippen LogP) is 6.22. The van der Waals surface area contributed by atoms with Crippen LogP contribution < -0.4 is 0 Å². The molecule has 0 spiro atoms. The first kappa shape index (κ1) is 26.7. The van der Waals surface area contributed by atoms with E-state index in [1.54, 1.807) is 0 Å². The van der Waals surface area contributed by atoms with Crippen LogP contribution in [0.2, 0.25) is 0 Å². The molecule has 0 atom stereocenters. The van der Waals surface area contributed by atoms with E-state index in [2.05, 4.69) is 19.7 Å². The van der Waals surface area contributed by atoms with Crippen molar-refractivity contribution >= 4 is 23.3 Å². The Bertz CT molecular complexity index is 931. The largest absolute Gasteiger partial charge is 0.455 e. The van der Waals surface area contributed by atoms with Gasteiger partial charge < -0.3 is 9.47 Å². The fourth-order valence-electron chi connectivity index (χ4n) is 2.06. The molecule has 0 unspecified atom stereocenters. The molecule has 0 amide bonds. The summed E-state index contributed by atoms with van der Waals surface area (Å²) in [5.41, 5.74) is -0.0343. The van der Waals surface area contributed by atoms with E-state index in [0.717, 1.165) is 24.3 Å². The topological polar surface area (TPSA) is 77.3 Å². The molecule has 0 heterocycles. The number of hydrogen-bond acceptors (Lipinski definition) is 6. The lowest BCUT2D eigenvalue weighted by Crippen LogP contribution is -2.33. The molecule has 0 aromatic heterocycles. The number of rotatable bonds is 10. The molecule has 0 bridgehead atoms. The van der Waals surface area contributed by atoms with Gasteiger partial charge in [0.1, 0.15) is 0 Å². The fourth-order valence-corrected chi connectivity index (χ4v) is 2.06. The van der Waals surface area contributed by atoms with Crippen molar-refractivity contribution in [3.8, 4) is 0 Å². The third kappa shape index (κ3) is 7.49. The molecule has 0 radical (unpaired) electrons. The highest BCUT2D eigenvalue weighted by Gasteiger charge is 2.43. The maximum atomic E-state index is 12.8. The number of alkyl halides is 8. The summed E-state index contributed by atoms with van der Waals surface area (Å²) in [6.07, 6.45) is -7.98. The van der Waals surface area contributed by atoms with Gasteiger partial charge in [-0.15, -0.1) is 0 Å². The van der Waals surface area contributed by atoms with Gasteiger partial charge in [0.15, 0.2) is 13.2 Å². The van der Waals surface area contributed by atoms with Gasteiger partial charge in [0.05, 0.1) is 22.5 Å². The maximum absolute atomic E-state index is 12.8. The van der Waals surface area contributed by atoms with E-state index in [1.165, 1.54) is 24.3 Å².